The van der Waals surface area contributed by atoms with E-state index in [0.29, 0.717) is 0 Å². The van der Waals surface area contributed by atoms with E-state index in [1.54, 1.807) is 0 Å². The number of hydrogen-bond acceptors (Lipinski definition) is 2. The first-order chi connectivity index (χ1) is 11.9. The van der Waals surface area contributed by atoms with Gasteiger partial charge in [0.25, 0.3) is 0 Å². The van der Waals surface area contributed by atoms with E-state index in [2.05, 4.69) is 104 Å². The summed E-state index contributed by atoms with van der Waals surface area (Å²) in [4.78, 5) is 0. The van der Waals surface area contributed by atoms with Gasteiger partial charge in [0.15, 0.2) is 7.55 Å². The molecule has 2 aromatic heterocycles. The molecule has 0 unspecified atom stereocenters. The van der Waals surface area contributed by atoms with Crippen LogP contribution in [0.5, 0.6) is 0 Å². The first-order valence-electron chi connectivity index (χ1n) is 10.3. The van der Waals surface area contributed by atoms with E-state index in [-0.39, 0.29) is 21.7 Å². The van der Waals surface area contributed by atoms with Gasteiger partial charge >= 0.3 is 0 Å². The highest BCUT2D eigenvalue weighted by atomic mass is 15.3. The van der Waals surface area contributed by atoms with Crippen LogP contribution in [-0.4, -0.2) is 26.9 Å². The highest BCUT2D eigenvalue weighted by Gasteiger charge is 2.26. The van der Waals surface area contributed by atoms with Crippen LogP contribution in [0.25, 0.3) is 0 Å². The second-order valence-corrected chi connectivity index (χ2v) is 12.3. The quantitative estimate of drug-likeness (QED) is 0.720. The van der Waals surface area contributed by atoms with Crippen LogP contribution in [0.3, 0.4) is 0 Å². The number of hydrogen-bond donors (Lipinski definition) is 0. The van der Waals surface area contributed by atoms with Crippen molar-refractivity contribution in [2.45, 2.75) is 105 Å². The summed E-state index contributed by atoms with van der Waals surface area (Å²) in [7, 11) is -0.759. The first-order valence-corrected chi connectivity index (χ1v) is 10.3. The van der Waals surface area contributed by atoms with Gasteiger partial charge in [-0.15, -0.1) is 0 Å². The summed E-state index contributed by atoms with van der Waals surface area (Å²) in [6.07, 6.45) is 0. The van der Waals surface area contributed by atoms with E-state index in [0.717, 1.165) is 11.4 Å². The molecule has 27 heavy (non-hydrogen) atoms. The molecule has 0 saturated heterocycles. The monoisotopic (exact) mass is 371 g/mol. The molecule has 0 radical (unpaired) electrons. The largest absolute Gasteiger partial charge is 0.425 e. The predicted octanol–water partition coefficient (Wildman–Crippen LogP) is 4.66. The van der Waals surface area contributed by atoms with Gasteiger partial charge in [0.1, 0.15) is 0 Å². The van der Waals surface area contributed by atoms with Crippen LogP contribution in [0.15, 0.2) is 12.1 Å². The Kier molecular flexibility index (Phi) is 5.27. The zero-order valence-electron chi connectivity index (χ0n) is 19.9. The minimum atomic E-state index is -0.759. The Morgan fingerprint density at radius 2 is 0.852 bits per heavy atom. The molecule has 4 nitrogen and oxygen atoms in total. The molecule has 2 aromatic rings. The highest BCUT2D eigenvalue weighted by molar-refractivity contribution is 6.31. The molecular weight excluding hydrogens is 331 g/mol. The van der Waals surface area contributed by atoms with Crippen molar-refractivity contribution < 1.29 is 0 Å². The predicted molar refractivity (Wildman–Crippen MR) is 119 cm³/mol. The molecule has 0 saturated carbocycles. The summed E-state index contributed by atoms with van der Waals surface area (Å²) in [5.74, 6) is 0. The van der Waals surface area contributed by atoms with Crippen LogP contribution in [0.2, 0.25) is 0 Å². The van der Waals surface area contributed by atoms with Crippen molar-refractivity contribution in [2.24, 2.45) is 0 Å². The second-order valence-electron chi connectivity index (χ2n) is 12.3. The molecule has 0 amide bonds. The molecule has 5 heteroatoms. The fourth-order valence-electron chi connectivity index (χ4n) is 3.56. The van der Waals surface area contributed by atoms with Crippen molar-refractivity contribution in [3.8, 4) is 0 Å². The third kappa shape index (κ3) is 4.86. The normalized spacial score (nSPS) is 14.1. The first kappa shape index (κ1) is 21.8. The maximum atomic E-state index is 5.05. The summed E-state index contributed by atoms with van der Waals surface area (Å²) in [5.41, 5.74) is 5.15. The Morgan fingerprint density at radius 1 is 0.556 bits per heavy atom. The minimum Gasteiger partial charge on any atom is -0.425 e. The lowest BCUT2D eigenvalue weighted by molar-refractivity contribution is 0.534. The van der Waals surface area contributed by atoms with Crippen molar-refractivity contribution in [3.05, 3.63) is 34.9 Å². The average Bonchev–Trinajstić information content (AvgIpc) is 3.00. The van der Waals surface area contributed by atoms with Crippen LogP contribution in [0.1, 0.15) is 106 Å². The summed E-state index contributed by atoms with van der Waals surface area (Å²) >= 11 is 0. The van der Waals surface area contributed by atoms with Gasteiger partial charge in [0.05, 0.1) is 11.4 Å². The standard InChI is InChI=1S/C22H40BN4/c1-19(2,3)15-13-17(21(7,8)9)26(24-15)23-27-18(22(10,11)12)14-16(25-27)20(4,5)6/h13-14H,23H2,1-12H3/q-1. The van der Waals surface area contributed by atoms with Crippen LogP contribution < -0.4 is 0 Å². The molecule has 0 aromatic carbocycles. The van der Waals surface area contributed by atoms with Crippen LogP contribution in [0.4, 0.5) is 0 Å². The van der Waals surface area contributed by atoms with E-state index >= 15 is 0 Å². The number of aromatic nitrogens is 4. The van der Waals surface area contributed by atoms with Gasteiger partial charge in [-0.1, -0.05) is 83.1 Å². The smallest absolute Gasteiger partial charge is 0.199 e. The Bertz CT molecular complexity index is 731. The molecular formula is C22H40BN4-. The van der Waals surface area contributed by atoms with Crippen LogP contribution in [-0.2, 0) is 21.7 Å². The van der Waals surface area contributed by atoms with Gasteiger partial charge in [-0.25, -0.2) is 10.2 Å². The highest BCUT2D eigenvalue weighted by Crippen LogP contribution is 2.30. The summed E-state index contributed by atoms with van der Waals surface area (Å²) in [6, 6.07) is 4.60. The fraction of sp³-hybridized carbons (Fsp3) is 0.727. The third-order valence-electron chi connectivity index (χ3n) is 5.21. The number of rotatable bonds is 2. The van der Waals surface area contributed by atoms with Gasteiger partial charge in [-0.3, -0.25) is 0 Å². The van der Waals surface area contributed by atoms with Crippen LogP contribution in [0, 0.1) is 0 Å². The topological polar surface area (TPSA) is 35.6 Å². The van der Waals surface area contributed by atoms with E-state index < -0.39 is 7.55 Å². The van der Waals surface area contributed by atoms with Crippen molar-refractivity contribution >= 4 is 7.55 Å². The zero-order valence-corrected chi connectivity index (χ0v) is 19.9. The Labute approximate surface area is 167 Å². The van der Waals surface area contributed by atoms with E-state index in [4.69, 9.17) is 10.2 Å². The van der Waals surface area contributed by atoms with Gasteiger partial charge in [-0.05, 0) is 23.0 Å². The molecule has 2 heterocycles. The van der Waals surface area contributed by atoms with Crippen molar-refractivity contribution in [1.82, 2.24) is 19.4 Å². The molecule has 152 valence electrons. The van der Waals surface area contributed by atoms with Crippen molar-refractivity contribution in [2.75, 3.05) is 0 Å². The van der Waals surface area contributed by atoms with Crippen molar-refractivity contribution in [1.29, 1.82) is 0 Å². The molecule has 0 atom stereocenters. The van der Waals surface area contributed by atoms with Crippen LogP contribution >= 0.6 is 0 Å². The maximum absolute atomic E-state index is 5.05. The Hall–Kier alpha value is -1.52. The summed E-state index contributed by atoms with van der Waals surface area (Å²) in [5, 5.41) is 10.1. The van der Waals surface area contributed by atoms with Gasteiger partial charge < -0.3 is 9.19 Å². The molecule has 0 bridgehead atoms. The SMILES string of the molecule is CC(C)(C)c1cc(C(C)(C)C)n([BH2-]n2nc(C(C)(C)C)cc2C(C)(C)C)n1. The fourth-order valence-corrected chi connectivity index (χ4v) is 3.56. The van der Waals surface area contributed by atoms with E-state index in [9.17, 15) is 0 Å². The third-order valence-corrected chi connectivity index (χ3v) is 5.21. The Morgan fingerprint density at radius 3 is 1.07 bits per heavy atom. The molecule has 0 aliphatic carbocycles. The van der Waals surface area contributed by atoms with Gasteiger partial charge in [0, 0.05) is 22.2 Å². The zero-order chi connectivity index (χ0) is 21.0. The summed E-state index contributed by atoms with van der Waals surface area (Å²) in [6.45, 7) is 27.0. The van der Waals surface area contributed by atoms with Crippen molar-refractivity contribution in [3.63, 3.8) is 0 Å². The number of nitrogens with zero attached hydrogens (tertiary/aromatic N) is 4. The molecule has 0 fully saturated rings. The molecule has 0 N–H and O–H groups in total. The Balaban J connectivity index is 2.60. The molecule has 2 rings (SSSR count). The second kappa shape index (κ2) is 6.53. The lowest BCUT2D eigenvalue weighted by atomic mass is 9.86. The molecule has 0 aliphatic heterocycles. The average molecular weight is 371 g/mol. The lowest BCUT2D eigenvalue weighted by Gasteiger charge is -2.28. The van der Waals surface area contributed by atoms with E-state index in [1.165, 1.54) is 11.4 Å². The van der Waals surface area contributed by atoms with Gasteiger partial charge in [0.2, 0.25) is 0 Å². The molecule has 0 aliphatic rings. The molecule has 0 spiro atoms. The summed E-state index contributed by atoms with van der Waals surface area (Å²) < 4.78 is 4.55. The maximum Gasteiger partial charge on any atom is 0.199 e. The van der Waals surface area contributed by atoms with Gasteiger partial charge in [-0.2, -0.15) is 0 Å². The van der Waals surface area contributed by atoms with E-state index in [1.807, 2.05) is 0 Å². The minimum absolute atomic E-state index is 0.0466. The lowest BCUT2D eigenvalue weighted by Crippen LogP contribution is -2.30.